The summed E-state index contributed by atoms with van der Waals surface area (Å²) in [7, 11) is 3.96. The van der Waals surface area contributed by atoms with Crippen LogP contribution in [0.3, 0.4) is 0 Å². The van der Waals surface area contributed by atoms with Gasteiger partial charge in [0.25, 0.3) is 5.91 Å². The van der Waals surface area contributed by atoms with Crippen LogP contribution in [0.25, 0.3) is 0 Å². The molecule has 2 atom stereocenters. The van der Waals surface area contributed by atoms with Gasteiger partial charge in [-0.3, -0.25) is 4.79 Å². The first-order valence-corrected chi connectivity index (χ1v) is 8.14. The molecule has 1 N–H and O–H groups in total. The molecule has 1 amide bonds. The van der Waals surface area contributed by atoms with E-state index in [1.165, 1.54) is 39.5 Å². The normalized spacial score (nSPS) is 12.5. The number of amides is 1. The van der Waals surface area contributed by atoms with Crippen LogP contribution in [0.2, 0.25) is 0 Å². The van der Waals surface area contributed by atoms with Crippen molar-refractivity contribution in [2.75, 3.05) is 27.9 Å². The zero-order valence-electron chi connectivity index (χ0n) is 15.7. The van der Waals surface area contributed by atoms with Crippen LogP contribution in [-0.4, -0.2) is 51.8 Å². The topological polar surface area (TPSA) is 100 Å². The molecule has 0 saturated carbocycles. The van der Waals surface area contributed by atoms with Crippen molar-refractivity contribution in [2.45, 2.75) is 26.3 Å². The smallest absolute Gasteiger partial charge is 0.337 e. The molecule has 0 spiro atoms. The SMILES string of the molecule is CC[C@H](C)[C@H](NC(=O)COc1ccc(C(=O)OC)cc1OC)C(=O)OC. The van der Waals surface area contributed by atoms with Crippen LogP contribution in [0.1, 0.15) is 30.6 Å². The van der Waals surface area contributed by atoms with Gasteiger partial charge in [-0.1, -0.05) is 20.3 Å². The van der Waals surface area contributed by atoms with E-state index in [4.69, 9.17) is 14.2 Å². The van der Waals surface area contributed by atoms with Crippen LogP contribution in [-0.2, 0) is 19.1 Å². The summed E-state index contributed by atoms with van der Waals surface area (Å²) in [4.78, 5) is 35.5. The van der Waals surface area contributed by atoms with Crippen LogP contribution in [0.4, 0.5) is 0 Å². The Bertz CT molecular complexity index is 644. The number of carbonyl (C=O) groups excluding carboxylic acids is 3. The van der Waals surface area contributed by atoms with Gasteiger partial charge in [-0.15, -0.1) is 0 Å². The van der Waals surface area contributed by atoms with Crippen LogP contribution in [0, 0.1) is 5.92 Å². The van der Waals surface area contributed by atoms with Gasteiger partial charge in [0, 0.05) is 0 Å². The molecule has 0 radical (unpaired) electrons. The van der Waals surface area contributed by atoms with Crippen molar-refractivity contribution < 1.29 is 33.3 Å². The maximum Gasteiger partial charge on any atom is 0.337 e. The minimum atomic E-state index is -0.746. The lowest BCUT2D eigenvalue weighted by Gasteiger charge is -2.22. The first-order valence-electron chi connectivity index (χ1n) is 8.14. The summed E-state index contributed by atoms with van der Waals surface area (Å²) >= 11 is 0. The molecule has 8 nitrogen and oxygen atoms in total. The average molecular weight is 367 g/mol. The number of esters is 2. The van der Waals surface area contributed by atoms with Crippen molar-refractivity contribution >= 4 is 17.8 Å². The third-order valence-electron chi connectivity index (χ3n) is 3.93. The minimum Gasteiger partial charge on any atom is -0.493 e. The highest BCUT2D eigenvalue weighted by Gasteiger charge is 2.26. The lowest BCUT2D eigenvalue weighted by molar-refractivity contribution is -0.146. The first kappa shape index (κ1) is 21.3. The van der Waals surface area contributed by atoms with Gasteiger partial charge in [-0.25, -0.2) is 9.59 Å². The van der Waals surface area contributed by atoms with Crippen LogP contribution >= 0.6 is 0 Å². The molecule has 0 aliphatic carbocycles. The van der Waals surface area contributed by atoms with E-state index in [0.717, 1.165) is 0 Å². The zero-order valence-corrected chi connectivity index (χ0v) is 15.7. The molecule has 0 bridgehead atoms. The molecule has 144 valence electrons. The summed E-state index contributed by atoms with van der Waals surface area (Å²) < 4.78 is 20.0. The van der Waals surface area contributed by atoms with E-state index in [1.807, 2.05) is 13.8 Å². The molecule has 0 aliphatic rings. The molecule has 0 unspecified atom stereocenters. The second-order valence-electron chi connectivity index (χ2n) is 5.60. The molecule has 1 aromatic carbocycles. The van der Waals surface area contributed by atoms with Gasteiger partial charge in [-0.2, -0.15) is 0 Å². The monoisotopic (exact) mass is 367 g/mol. The van der Waals surface area contributed by atoms with Crippen molar-refractivity contribution in [1.29, 1.82) is 0 Å². The largest absolute Gasteiger partial charge is 0.493 e. The quantitative estimate of drug-likeness (QED) is 0.661. The Morgan fingerprint density at radius 2 is 1.77 bits per heavy atom. The van der Waals surface area contributed by atoms with Gasteiger partial charge in [0.2, 0.25) is 0 Å². The number of benzene rings is 1. The number of carbonyl (C=O) groups is 3. The Morgan fingerprint density at radius 1 is 1.08 bits per heavy atom. The van der Waals surface area contributed by atoms with Crippen molar-refractivity contribution in [2.24, 2.45) is 5.92 Å². The lowest BCUT2D eigenvalue weighted by atomic mass is 9.99. The summed E-state index contributed by atoms with van der Waals surface area (Å²) in [5.41, 5.74) is 0.295. The van der Waals surface area contributed by atoms with E-state index in [9.17, 15) is 14.4 Å². The summed E-state index contributed by atoms with van der Waals surface area (Å²) in [6.45, 7) is 3.44. The van der Waals surface area contributed by atoms with Gasteiger partial charge < -0.3 is 24.3 Å². The molecule has 1 rings (SSSR count). The lowest BCUT2D eigenvalue weighted by Crippen LogP contribution is -2.47. The Morgan fingerprint density at radius 3 is 2.31 bits per heavy atom. The minimum absolute atomic E-state index is 0.0831. The van der Waals surface area contributed by atoms with E-state index >= 15 is 0 Å². The fourth-order valence-corrected chi connectivity index (χ4v) is 2.19. The molecule has 0 aromatic heterocycles. The fraction of sp³-hybridized carbons (Fsp3) is 0.500. The second-order valence-corrected chi connectivity index (χ2v) is 5.60. The number of methoxy groups -OCH3 is 3. The van der Waals surface area contributed by atoms with Crippen LogP contribution in [0.5, 0.6) is 11.5 Å². The number of rotatable bonds is 9. The highest BCUT2D eigenvalue weighted by atomic mass is 16.5. The van der Waals surface area contributed by atoms with Gasteiger partial charge in [0.05, 0.1) is 26.9 Å². The highest BCUT2D eigenvalue weighted by molar-refractivity contribution is 5.90. The predicted octanol–water partition coefficient (Wildman–Crippen LogP) is 1.56. The summed E-state index contributed by atoms with van der Waals surface area (Å²) in [5.74, 6) is -1.00. The van der Waals surface area contributed by atoms with E-state index in [2.05, 4.69) is 10.1 Å². The summed E-state index contributed by atoms with van der Waals surface area (Å²) in [5, 5.41) is 2.61. The molecule has 0 aliphatic heterocycles. The van der Waals surface area contributed by atoms with E-state index in [0.29, 0.717) is 12.0 Å². The number of hydrogen-bond acceptors (Lipinski definition) is 7. The second kappa shape index (κ2) is 10.3. The molecular formula is C18H25NO7. The van der Waals surface area contributed by atoms with E-state index < -0.39 is 23.9 Å². The number of ether oxygens (including phenoxy) is 4. The van der Waals surface area contributed by atoms with E-state index in [-0.39, 0.29) is 24.0 Å². The fourth-order valence-electron chi connectivity index (χ4n) is 2.19. The highest BCUT2D eigenvalue weighted by Crippen LogP contribution is 2.28. The molecule has 26 heavy (non-hydrogen) atoms. The van der Waals surface area contributed by atoms with Crippen LogP contribution < -0.4 is 14.8 Å². The molecule has 8 heteroatoms. The molecule has 0 fully saturated rings. The van der Waals surface area contributed by atoms with Crippen molar-refractivity contribution in [3.05, 3.63) is 23.8 Å². The standard InChI is InChI=1S/C18H25NO7/c1-6-11(2)16(18(22)25-5)19-15(20)10-26-13-8-7-12(17(21)24-4)9-14(13)23-3/h7-9,11,16H,6,10H2,1-5H3,(H,19,20)/t11-,16-/m0/s1. The number of hydrogen-bond donors (Lipinski definition) is 1. The third kappa shape index (κ3) is 5.65. The Balaban J connectivity index is 2.77. The molecule has 1 aromatic rings. The maximum absolute atomic E-state index is 12.1. The average Bonchev–Trinajstić information content (AvgIpc) is 2.68. The summed E-state index contributed by atoms with van der Waals surface area (Å²) in [6, 6.07) is 3.71. The van der Waals surface area contributed by atoms with Crippen LogP contribution in [0.15, 0.2) is 18.2 Å². The Labute approximate surface area is 152 Å². The van der Waals surface area contributed by atoms with Gasteiger partial charge in [-0.05, 0) is 24.1 Å². The van der Waals surface area contributed by atoms with Gasteiger partial charge >= 0.3 is 11.9 Å². The van der Waals surface area contributed by atoms with Crippen molar-refractivity contribution in [3.63, 3.8) is 0 Å². The number of nitrogens with one attached hydrogen (secondary N) is 1. The van der Waals surface area contributed by atoms with Gasteiger partial charge in [0.15, 0.2) is 18.1 Å². The predicted molar refractivity (Wildman–Crippen MR) is 93.2 cm³/mol. The third-order valence-corrected chi connectivity index (χ3v) is 3.93. The van der Waals surface area contributed by atoms with Gasteiger partial charge in [0.1, 0.15) is 6.04 Å². The molecule has 0 heterocycles. The maximum atomic E-state index is 12.1. The Hall–Kier alpha value is -2.77. The molecular weight excluding hydrogens is 342 g/mol. The first-order chi connectivity index (χ1) is 12.4. The van der Waals surface area contributed by atoms with Crippen molar-refractivity contribution in [3.8, 4) is 11.5 Å². The summed E-state index contributed by atoms with van der Waals surface area (Å²) in [6.07, 6.45) is 0.698. The van der Waals surface area contributed by atoms with Crippen molar-refractivity contribution in [1.82, 2.24) is 5.32 Å². The molecule has 0 saturated heterocycles. The van der Waals surface area contributed by atoms with E-state index in [1.54, 1.807) is 0 Å². The zero-order chi connectivity index (χ0) is 19.7. The Kier molecular flexibility index (Phi) is 8.41.